The molecule has 0 unspecified atom stereocenters. The molecule has 26 heavy (non-hydrogen) atoms. The van der Waals surface area contributed by atoms with Crippen LogP contribution in [0.3, 0.4) is 0 Å². The van der Waals surface area contributed by atoms with Gasteiger partial charge in [-0.25, -0.2) is 4.98 Å². The fourth-order valence-corrected chi connectivity index (χ4v) is 7.44. The molecule has 1 N–H and O–H groups in total. The Kier molecular flexibility index (Phi) is 3.98. The number of rotatable bonds is 5. The molecule has 0 amide bonds. The number of fused-ring (bicyclic) bond motifs is 1. The van der Waals surface area contributed by atoms with E-state index in [2.05, 4.69) is 22.3 Å². The predicted octanol–water partition coefficient (Wildman–Crippen LogP) is 3.54. The van der Waals surface area contributed by atoms with Gasteiger partial charge in [-0.05, 0) is 75.0 Å². The number of hydrogen-bond donors (Lipinski definition) is 1. The third kappa shape index (κ3) is 2.73. The second kappa shape index (κ2) is 6.13. The van der Waals surface area contributed by atoms with Crippen LogP contribution in [0.25, 0.3) is 4.96 Å². The van der Waals surface area contributed by atoms with Gasteiger partial charge in [-0.3, -0.25) is 4.79 Å². The Labute approximate surface area is 158 Å². The van der Waals surface area contributed by atoms with Crippen molar-refractivity contribution in [1.29, 1.82) is 0 Å². The summed E-state index contributed by atoms with van der Waals surface area (Å²) in [6, 6.07) is 2.19. The van der Waals surface area contributed by atoms with Gasteiger partial charge in [0.2, 0.25) is 4.96 Å². The second-order valence-electron chi connectivity index (χ2n) is 9.02. The van der Waals surface area contributed by atoms with Gasteiger partial charge in [-0.1, -0.05) is 18.3 Å². The van der Waals surface area contributed by atoms with Gasteiger partial charge < -0.3 is 5.32 Å². The molecule has 2 heterocycles. The maximum absolute atomic E-state index is 12.3. The molecule has 4 bridgehead atoms. The largest absolute Gasteiger partial charge is 0.308 e. The van der Waals surface area contributed by atoms with E-state index in [0.29, 0.717) is 23.0 Å². The molecule has 0 radical (unpaired) electrons. The second-order valence-corrected chi connectivity index (χ2v) is 10.2. The van der Waals surface area contributed by atoms with Crippen LogP contribution >= 0.6 is 11.3 Å². The standard InChI is InChI=1S/C20H28N4OS/c1-3-17(20-8-13-4-14(9-20)6-15(5-13)10-20)21-11-16-7-18(25)24-19(22-16)26-12(2)23-24/h7,13-15,17,21H,3-6,8-11H2,1-2H3/t13?,14?,15?,17-,20?/m0/s1. The Morgan fingerprint density at radius 2 is 1.92 bits per heavy atom. The van der Waals surface area contributed by atoms with Crippen molar-refractivity contribution in [2.75, 3.05) is 0 Å². The van der Waals surface area contributed by atoms with Crippen molar-refractivity contribution in [2.24, 2.45) is 23.2 Å². The molecule has 0 aliphatic heterocycles. The first kappa shape index (κ1) is 16.9. The number of hydrogen-bond acceptors (Lipinski definition) is 5. The highest BCUT2D eigenvalue weighted by molar-refractivity contribution is 7.16. The Morgan fingerprint density at radius 1 is 1.27 bits per heavy atom. The Hall–Kier alpha value is -1.27. The zero-order valence-corrected chi connectivity index (χ0v) is 16.5. The minimum atomic E-state index is -0.0704. The summed E-state index contributed by atoms with van der Waals surface area (Å²) in [6.07, 6.45) is 9.84. The van der Waals surface area contributed by atoms with Crippen LogP contribution in [0.2, 0.25) is 0 Å². The van der Waals surface area contributed by atoms with E-state index in [1.807, 2.05) is 6.92 Å². The molecule has 6 heteroatoms. The van der Waals surface area contributed by atoms with Crippen LogP contribution < -0.4 is 10.9 Å². The molecule has 0 spiro atoms. The third-order valence-electron chi connectivity index (χ3n) is 7.16. The lowest BCUT2D eigenvalue weighted by molar-refractivity contribution is -0.0748. The van der Waals surface area contributed by atoms with Crippen molar-refractivity contribution in [2.45, 2.75) is 71.4 Å². The quantitative estimate of drug-likeness (QED) is 0.872. The van der Waals surface area contributed by atoms with Crippen molar-refractivity contribution >= 4 is 16.3 Å². The monoisotopic (exact) mass is 372 g/mol. The fourth-order valence-electron chi connectivity index (χ4n) is 6.67. The first-order chi connectivity index (χ1) is 12.5. The minimum absolute atomic E-state index is 0.0704. The van der Waals surface area contributed by atoms with E-state index in [9.17, 15) is 4.79 Å². The summed E-state index contributed by atoms with van der Waals surface area (Å²) >= 11 is 1.48. The molecular formula is C20H28N4OS. The van der Waals surface area contributed by atoms with Gasteiger partial charge in [0, 0.05) is 18.7 Å². The zero-order chi connectivity index (χ0) is 17.9. The topological polar surface area (TPSA) is 59.3 Å². The summed E-state index contributed by atoms with van der Waals surface area (Å²) in [4.78, 5) is 17.7. The van der Waals surface area contributed by atoms with Crippen molar-refractivity contribution < 1.29 is 0 Å². The lowest BCUT2D eigenvalue weighted by atomic mass is 9.47. The van der Waals surface area contributed by atoms with Crippen LogP contribution in [0.1, 0.15) is 62.6 Å². The minimum Gasteiger partial charge on any atom is -0.308 e. The van der Waals surface area contributed by atoms with Gasteiger partial charge in [-0.2, -0.15) is 9.61 Å². The third-order valence-corrected chi connectivity index (χ3v) is 7.99. The highest BCUT2D eigenvalue weighted by Crippen LogP contribution is 2.61. The van der Waals surface area contributed by atoms with Gasteiger partial charge >= 0.3 is 0 Å². The van der Waals surface area contributed by atoms with Crippen molar-refractivity contribution in [1.82, 2.24) is 19.9 Å². The molecule has 4 aliphatic rings. The normalized spacial score (nSPS) is 33.8. The SMILES string of the molecule is CC[C@H](NCc1cc(=O)n2nc(C)sc2n1)C12CC3CC(CC(C3)C1)C2. The Morgan fingerprint density at radius 3 is 2.54 bits per heavy atom. The molecule has 5 nitrogen and oxygen atoms in total. The average molecular weight is 373 g/mol. The highest BCUT2D eigenvalue weighted by atomic mass is 32.1. The highest BCUT2D eigenvalue weighted by Gasteiger charge is 2.53. The summed E-state index contributed by atoms with van der Waals surface area (Å²) in [7, 11) is 0. The van der Waals surface area contributed by atoms with Crippen LogP contribution in [0.4, 0.5) is 0 Å². The molecule has 4 aliphatic carbocycles. The van der Waals surface area contributed by atoms with E-state index in [1.54, 1.807) is 6.07 Å². The summed E-state index contributed by atoms with van der Waals surface area (Å²) in [5.74, 6) is 2.91. The van der Waals surface area contributed by atoms with E-state index in [0.717, 1.165) is 34.9 Å². The van der Waals surface area contributed by atoms with E-state index < -0.39 is 0 Å². The first-order valence-corrected chi connectivity index (χ1v) is 11.0. The van der Waals surface area contributed by atoms with E-state index in [-0.39, 0.29) is 5.56 Å². The molecule has 0 aromatic carbocycles. The number of aryl methyl sites for hydroxylation is 1. The molecule has 2 aromatic rings. The van der Waals surface area contributed by atoms with Crippen LogP contribution in [-0.4, -0.2) is 20.6 Å². The van der Waals surface area contributed by atoms with E-state index >= 15 is 0 Å². The molecule has 4 saturated carbocycles. The van der Waals surface area contributed by atoms with Gasteiger partial charge in [0.25, 0.3) is 5.56 Å². The molecule has 4 fully saturated rings. The number of nitrogens with zero attached hydrogens (tertiary/aromatic N) is 3. The first-order valence-electron chi connectivity index (χ1n) is 10.1. The van der Waals surface area contributed by atoms with Gasteiger partial charge in [0.15, 0.2) is 0 Å². The average Bonchev–Trinajstić information content (AvgIpc) is 2.95. The zero-order valence-electron chi connectivity index (χ0n) is 15.7. The molecule has 6 rings (SSSR count). The Balaban J connectivity index is 1.36. The van der Waals surface area contributed by atoms with E-state index in [4.69, 9.17) is 0 Å². The molecule has 0 saturated heterocycles. The van der Waals surface area contributed by atoms with Crippen molar-refractivity contribution in [3.05, 3.63) is 27.1 Å². The van der Waals surface area contributed by atoms with Gasteiger partial charge in [0.05, 0.1) is 5.69 Å². The summed E-state index contributed by atoms with van der Waals surface area (Å²) in [5, 5.41) is 8.92. The number of nitrogens with one attached hydrogen (secondary N) is 1. The van der Waals surface area contributed by atoms with Crippen LogP contribution in [-0.2, 0) is 6.54 Å². The van der Waals surface area contributed by atoms with Crippen molar-refractivity contribution in [3.63, 3.8) is 0 Å². The molecule has 2 aromatic heterocycles. The maximum atomic E-state index is 12.3. The maximum Gasteiger partial charge on any atom is 0.275 e. The van der Waals surface area contributed by atoms with E-state index in [1.165, 1.54) is 54.4 Å². The summed E-state index contributed by atoms with van der Waals surface area (Å²) in [6.45, 7) is 4.91. The molecule has 140 valence electrons. The fraction of sp³-hybridized carbons (Fsp3) is 0.750. The smallest absolute Gasteiger partial charge is 0.275 e. The molecule has 1 atom stereocenters. The lowest BCUT2D eigenvalue weighted by Gasteiger charge is -2.59. The van der Waals surface area contributed by atoms with Crippen LogP contribution in [0.15, 0.2) is 10.9 Å². The molecular weight excluding hydrogens is 344 g/mol. The number of aromatic nitrogens is 3. The summed E-state index contributed by atoms with van der Waals surface area (Å²) < 4.78 is 1.42. The van der Waals surface area contributed by atoms with Crippen LogP contribution in [0.5, 0.6) is 0 Å². The van der Waals surface area contributed by atoms with Crippen molar-refractivity contribution in [3.8, 4) is 0 Å². The van der Waals surface area contributed by atoms with Gasteiger partial charge in [0.1, 0.15) is 5.01 Å². The predicted molar refractivity (Wildman–Crippen MR) is 103 cm³/mol. The lowest BCUT2D eigenvalue weighted by Crippen LogP contribution is -2.55. The van der Waals surface area contributed by atoms with Crippen LogP contribution in [0, 0.1) is 30.1 Å². The van der Waals surface area contributed by atoms with Gasteiger partial charge in [-0.15, -0.1) is 0 Å². The Bertz CT molecular complexity index is 850. The summed E-state index contributed by atoms with van der Waals surface area (Å²) in [5.41, 5.74) is 1.27.